The van der Waals surface area contributed by atoms with Crippen LogP contribution in [0.1, 0.15) is 42.4 Å². The number of hydrogen-bond acceptors (Lipinski definition) is 5. The quantitative estimate of drug-likeness (QED) is 0.343. The summed E-state index contributed by atoms with van der Waals surface area (Å²) in [6, 6.07) is 7.25. The molecule has 0 radical (unpaired) electrons. The minimum atomic E-state index is -1.24. The topological polar surface area (TPSA) is 71.6 Å². The first-order chi connectivity index (χ1) is 17.9. The number of aryl methyl sites for hydroxylation is 1. The normalized spacial score (nSPS) is 15.4. The number of methoxy groups -OCH3 is 1. The molecule has 0 aliphatic carbocycles. The number of pyridine rings is 1. The van der Waals surface area contributed by atoms with Crippen LogP contribution in [0.2, 0.25) is 0 Å². The molecule has 1 aliphatic rings. The number of benzene rings is 2. The molecule has 3 N–H and O–H groups in total. The first kappa shape index (κ1) is 26.9. The van der Waals surface area contributed by atoms with Crippen LogP contribution in [-0.2, 0) is 13.0 Å². The van der Waals surface area contributed by atoms with Gasteiger partial charge in [0.25, 0.3) is 0 Å². The Bertz CT molecular complexity index is 1310. The van der Waals surface area contributed by atoms with Gasteiger partial charge in [0.2, 0.25) is 0 Å². The highest BCUT2D eigenvalue weighted by Gasteiger charge is 2.33. The van der Waals surface area contributed by atoms with Gasteiger partial charge in [-0.15, -0.1) is 0 Å². The maximum absolute atomic E-state index is 13.8. The van der Waals surface area contributed by atoms with Crippen molar-refractivity contribution in [1.29, 1.82) is 0 Å². The summed E-state index contributed by atoms with van der Waals surface area (Å²) in [7, 11) is 1.64. The minimum Gasteiger partial charge on any atom is -0.497 e. The van der Waals surface area contributed by atoms with Crippen LogP contribution < -0.4 is 10.5 Å². The van der Waals surface area contributed by atoms with Crippen molar-refractivity contribution in [2.45, 2.75) is 38.6 Å². The van der Waals surface area contributed by atoms with Gasteiger partial charge in [-0.3, -0.25) is 9.88 Å². The molecule has 0 atom stereocenters. The lowest BCUT2D eigenvalue weighted by molar-refractivity contribution is 0.0401. The Labute approximate surface area is 215 Å². The summed E-state index contributed by atoms with van der Waals surface area (Å²) in [5, 5.41) is 11.3. The molecule has 4 rings (SSSR count). The van der Waals surface area contributed by atoms with Crippen LogP contribution in [0.5, 0.6) is 5.75 Å². The van der Waals surface area contributed by atoms with Gasteiger partial charge >= 0.3 is 0 Å². The third kappa shape index (κ3) is 6.24. The number of nitrogens with zero attached hydrogens (tertiary/aromatic N) is 2. The maximum atomic E-state index is 13.8. The van der Waals surface area contributed by atoms with Gasteiger partial charge in [-0.1, -0.05) is 11.8 Å². The lowest BCUT2D eigenvalue weighted by Crippen LogP contribution is -2.42. The van der Waals surface area contributed by atoms with Crippen LogP contribution in [0.4, 0.5) is 13.2 Å². The Hall–Kier alpha value is -3.12. The lowest BCUT2D eigenvalue weighted by Gasteiger charge is -2.40. The molecule has 5 nitrogen and oxygen atoms in total. The summed E-state index contributed by atoms with van der Waals surface area (Å²) >= 11 is 0. The standard InChI is InChI=1S/C29H32F3N3O2/c1-37-23-6-7-27-25(16-23)24(21(17-33)18-34-27)5-2-8-29(19-36)9-12-35(13-10-29)11-3-4-20-14-22(30)15-26(31)28(20)32/h6-7,14-16,18,36H,2,5,8-13,17,19,33H2,1H3. The highest BCUT2D eigenvalue weighted by atomic mass is 19.2. The van der Waals surface area contributed by atoms with E-state index in [2.05, 4.69) is 21.7 Å². The van der Waals surface area contributed by atoms with E-state index in [4.69, 9.17) is 10.5 Å². The first-order valence-corrected chi connectivity index (χ1v) is 12.5. The van der Waals surface area contributed by atoms with Crippen molar-refractivity contribution in [1.82, 2.24) is 9.88 Å². The smallest absolute Gasteiger partial charge is 0.174 e. The summed E-state index contributed by atoms with van der Waals surface area (Å²) in [4.78, 5) is 6.65. The zero-order valence-electron chi connectivity index (χ0n) is 21.0. The van der Waals surface area contributed by atoms with E-state index in [0.29, 0.717) is 19.2 Å². The molecule has 1 aromatic heterocycles. The second-order valence-electron chi connectivity index (χ2n) is 9.69. The molecule has 2 aromatic carbocycles. The van der Waals surface area contributed by atoms with E-state index in [0.717, 1.165) is 73.5 Å². The average molecular weight is 512 g/mol. The fraction of sp³-hybridized carbons (Fsp3) is 0.414. The number of aliphatic hydroxyl groups is 1. The Morgan fingerprint density at radius 1 is 1.16 bits per heavy atom. The third-order valence-corrected chi connectivity index (χ3v) is 7.40. The fourth-order valence-corrected chi connectivity index (χ4v) is 5.07. The molecule has 0 unspecified atom stereocenters. The van der Waals surface area contributed by atoms with Crippen molar-refractivity contribution in [2.24, 2.45) is 11.1 Å². The van der Waals surface area contributed by atoms with Crippen LogP contribution in [-0.4, -0.2) is 48.3 Å². The predicted octanol–water partition coefficient (Wildman–Crippen LogP) is 4.57. The Morgan fingerprint density at radius 3 is 2.65 bits per heavy atom. The molecule has 1 fully saturated rings. The summed E-state index contributed by atoms with van der Waals surface area (Å²) in [5.74, 6) is 2.91. The van der Waals surface area contributed by atoms with Crippen LogP contribution in [0.3, 0.4) is 0 Å². The zero-order chi connectivity index (χ0) is 26.4. The molecule has 196 valence electrons. The van der Waals surface area contributed by atoms with Gasteiger partial charge in [0.1, 0.15) is 11.6 Å². The van der Waals surface area contributed by atoms with E-state index in [9.17, 15) is 18.3 Å². The Morgan fingerprint density at radius 2 is 1.95 bits per heavy atom. The summed E-state index contributed by atoms with van der Waals surface area (Å²) in [6.45, 7) is 2.35. The van der Waals surface area contributed by atoms with E-state index in [-0.39, 0.29) is 17.6 Å². The molecule has 2 heterocycles. The molecule has 0 saturated carbocycles. The number of hydrogen-bond donors (Lipinski definition) is 2. The number of likely N-dealkylation sites (tertiary alicyclic amines) is 1. The monoisotopic (exact) mass is 511 g/mol. The molecule has 0 amide bonds. The molecule has 8 heteroatoms. The fourth-order valence-electron chi connectivity index (χ4n) is 5.07. The van der Waals surface area contributed by atoms with E-state index in [1.807, 2.05) is 24.4 Å². The Kier molecular flexibility index (Phi) is 8.70. The molecule has 1 aliphatic heterocycles. The van der Waals surface area contributed by atoms with Crippen LogP contribution in [0.15, 0.2) is 36.5 Å². The summed E-state index contributed by atoms with van der Waals surface area (Å²) in [6.07, 6.45) is 6.05. The average Bonchev–Trinajstić information content (AvgIpc) is 2.92. The summed E-state index contributed by atoms with van der Waals surface area (Å²) in [5.41, 5.74) is 8.65. The van der Waals surface area contributed by atoms with Crippen molar-refractivity contribution >= 4 is 10.9 Å². The maximum Gasteiger partial charge on any atom is 0.174 e. The molecule has 0 bridgehead atoms. The zero-order valence-corrected chi connectivity index (χ0v) is 21.0. The number of ether oxygens (including phenoxy) is 1. The SMILES string of the molecule is COc1ccc2ncc(CN)c(CCCC3(CO)CCN(CC#Cc4cc(F)cc(F)c4F)CC3)c2c1. The molecular formula is C29H32F3N3O2. The molecular weight excluding hydrogens is 479 g/mol. The predicted molar refractivity (Wildman–Crippen MR) is 138 cm³/mol. The van der Waals surface area contributed by atoms with E-state index >= 15 is 0 Å². The number of fused-ring (bicyclic) bond motifs is 1. The van der Waals surface area contributed by atoms with Crippen LogP contribution >= 0.6 is 0 Å². The van der Waals surface area contributed by atoms with E-state index in [1.165, 1.54) is 5.56 Å². The van der Waals surface area contributed by atoms with Crippen LogP contribution in [0, 0.1) is 34.7 Å². The number of nitrogens with two attached hydrogens (primary N) is 1. The highest BCUT2D eigenvalue weighted by Crippen LogP contribution is 2.37. The molecule has 0 spiro atoms. The van der Waals surface area contributed by atoms with Gasteiger partial charge in [0.05, 0.1) is 24.7 Å². The second kappa shape index (κ2) is 12.0. The lowest BCUT2D eigenvalue weighted by atomic mass is 9.75. The first-order valence-electron chi connectivity index (χ1n) is 12.5. The number of halogens is 3. The van der Waals surface area contributed by atoms with Crippen LogP contribution in [0.25, 0.3) is 10.9 Å². The van der Waals surface area contributed by atoms with Gasteiger partial charge in [0.15, 0.2) is 11.6 Å². The largest absolute Gasteiger partial charge is 0.497 e. The van der Waals surface area contributed by atoms with Crippen molar-refractivity contribution in [3.05, 3.63) is 70.7 Å². The van der Waals surface area contributed by atoms with Crippen molar-refractivity contribution in [3.8, 4) is 17.6 Å². The van der Waals surface area contributed by atoms with E-state index < -0.39 is 17.5 Å². The molecule has 1 saturated heterocycles. The van der Waals surface area contributed by atoms with Gasteiger partial charge in [-0.25, -0.2) is 13.2 Å². The number of rotatable bonds is 8. The van der Waals surface area contributed by atoms with Gasteiger partial charge < -0.3 is 15.6 Å². The Balaban J connectivity index is 1.36. The van der Waals surface area contributed by atoms with Gasteiger partial charge in [-0.2, -0.15) is 0 Å². The van der Waals surface area contributed by atoms with Crippen molar-refractivity contribution < 1.29 is 23.0 Å². The minimum absolute atomic E-state index is 0.106. The van der Waals surface area contributed by atoms with Gasteiger partial charge in [0, 0.05) is 30.8 Å². The summed E-state index contributed by atoms with van der Waals surface area (Å²) < 4.78 is 45.9. The number of piperidine rings is 1. The number of aliphatic hydroxyl groups excluding tert-OH is 1. The molecule has 3 aromatic rings. The van der Waals surface area contributed by atoms with Crippen molar-refractivity contribution in [2.75, 3.05) is 33.4 Å². The second-order valence-corrected chi connectivity index (χ2v) is 9.69. The van der Waals surface area contributed by atoms with E-state index in [1.54, 1.807) is 7.11 Å². The molecule has 37 heavy (non-hydrogen) atoms. The number of aromatic nitrogens is 1. The van der Waals surface area contributed by atoms with Crippen molar-refractivity contribution in [3.63, 3.8) is 0 Å². The highest BCUT2D eigenvalue weighted by molar-refractivity contribution is 5.84. The third-order valence-electron chi connectivity index (χ3n) is 7.40. The van der Waals surface area contributed by atoms with Gasteiger partial charge in [-0.05, 0) is 86.0 Å².